The van der Waals surface area contributed by atoms with Gasteiger partial charge in [-0.15, -0.1) is 0 Å². The fourth-order valence-corrected chi connectivity index (χ4v) is 1.84. The summed E-state index contributed by atoms with van der Waals surface area (Å²) in [6.45, 7) is 1.57. The smallest absolute Gasteiger partial charge is 0.337 e. The number of hydrogen-bond donors (Lipinski definition) is 1. The summed E-state index contributed by atoms with van der Waals surface area (Å²) >= 11 is 5.70. The highest BCUT2D eigenvalue weighted by atomic mass is 35.5. The van der Waals surface area contributed by atoms with Crippen LogP contribution in [0.3, 0.4) is 0 Å². The van der Waals surface area contributed by atoms with E-state index in [4.69, 9.17) is 21.4 Å². The third-order valence-corrected chi connectivity index (χ3v) is 2.95. The van der Waals surface area contributed by atoms with Gasteiger partial charge < -0.3 is 9.84 Å². The molecule has 1 N–H and O–H groups in total. The second-order valence-electron chi connectivity index (χ2n) is 4.12. The fourth-order valence-electron chi connectivity index (χ4n) is 1.66. The SMILES string of the molecule is Cc1cc(Oc2cc(C(=O)O)c(Cl)cn2)ccc1[N+](=O)[O-]. The van der Waals surface area contributed by atoms with Gasteiger partial charge >= 0.3 is 5.97 Å². The Balaban J connectivity index is 2.30. The largest absolute Gasteiger partial charge is 0.478 e. The van der Waals surface area contributed by atoms with Crippen LogP contribution in [-0.2, 0) is 0 Å². The molecule has 2 rings (SSSR count). The number of benzene rings is 1. The van der Waals surface area contributed by atoms with Gasteiger partial charge in [-0.1, -0.05) is 11.6 Å². The standard InChI is InChI=1S/C13H9ClN2O5/c1-7-4-8(2-3-11(7)16(19)20)21-12-5-9(13(17)18)10(14)6-15-12/h2-6H,1H3,(H,17,18). The number of pyridine rings is 1. The first kappa shape index (κ1) is 14.7. The predicted molar refractivity (Wildman–Crippen MR) is 74.1 cm³/mol. The quantitative estimate of drug-likeness (QED) is 0.685. The maximum atomic E-state index is 11.0. The summed E-state index contributed by atoms with van der Waals surface area (Å²) in [7, 11) is 0. The van der Waals surface area contributed by atoms with Crippen molar-refractivity contribution in [1.82, 2.24) is 4.98 Å². The van der Waals surface area contributed by atoms with Gasteiger partial charge in [-0.05, 0) is 19.1 Å². The Morgan fingerprint density at radius 1 is 1.43 bits per heavy atom. The number of nitro benzene ring substituents is 1. The number of nitrogens with zero attached hydrogens (tertiary/aromatic N) is 2. The van der Waals surface area contributed by atoms with E-state index >= 15 is 0 Å². The van der Waals surface area contributed by atoms with E-state index < -0.39 is 10.9 Å². The van der Waals surface area contributed by atoms with Gasteiger partial charge in [0.2, 0.25) is 5.88 Å². The van der Waals surface area contributed by atoms with Gasteiger partial charge in [-0.3, -0.25) is 10.1 Å². The molecular weight excluding hydrogens is 300 g/mol. The Labute approximate surface area is 123 Å². The zero-order valence-corrected chi connectivity index (χ0v) is 11.5. The molecule has 108 valence electrons. The minimum Gasteiger partial charge on any atom is -0.478 e. The molecule has 0 aliphatic rings. The second kappa shape index (κ2) is 5.76. The molecule has 1 aromatic heterocycles. The highest BCUT2D eigenvalue weighted by Gasteiger charge is 2.14. The number of aromatic carboxylic acids is 1. The summed E-state index contributed by atoms with van der Waals surface area (Å²) in [4.78, 5) is 25.0. The van der Waals surface area contributed by atoms with Crippen molar-refractivity contribution in [2.45, 2.75) is 6.92 Å². The van der Waals surface area contributed by atoms with Crippen LogP contribution in [0, 0.1) is 17.0 Å². The van der Waals surface area contributed by atoms with E-state index in [1.54, 1.807) is 6.92 Å². The van der Waals surface area contributed by atoms with Gasteiger partial charge in [0.25, 0.3) is 5.69 Å². The fraction of sp³-hybridized carbons (Fsp3) is 0.0769. The van der Waals surface area contributed by atoms with Crippen LogP contribution in [-0.4, -0.2) is 21.0 Å². The molecule has 0 bridgehead atoms. The predicted octanol–water partition coefficient (Wildman–Crippen LogP) is 3.44. The number of hydrogen-bond acceptors (Lipinski definition) is 5. The highest BCUT2D eigenvalue weighted by molar-refractivity contribution is 6.33. The number of nitro groups is 1. The number of aromatic nitrogens is 1. The van der Waals surface area contributed by atoms with Gasteiger partial charge in [-0.25, -0.2) is 9.78 Å². The molecule has 2 aromatic rings. The van der Waals surface area contributed by atoms with Crippen LogP contribution in [0.25, 0.3) is 0 Å². The van der Waals surface area contributed by atoms with Crippen LogP contribution >= 0.6 is 11.6 Å². The molecule has 1 aromatic carbocycles. The van der Waals surface area contributed by atoms with Crippen LogP contribution < -0.4 is 4.74 Å². The van der Waals surface area contributed by atoms with E-state index in [-0.39, 0.29) is 22.2 Å². The third-order valence-electron chi connectivity index (χ3n) is 2.65. The zero-order valence-electron chi connectivity index (χ0n) is 10.7. The number of carboxylic acid groups (broad SMARTS) is 1. The van der Waals surface area contributed by atoms with Crippen LogP contribution in [0.4, 0.5) is 5.69 Å². The normalized spacial score (nSPS) is 10.2. The van der Waals surface area contributed by atoms with E-state index in [9.17, 15) is 14.9 Å². The molecule has 0 atom stereocenters. The molecule has 0 fully saturated rings. The molecule has 8 heteroatoms. The lowest BCUT2D eigenvalue weighted by molar-refractivity contribution is -0.385. The molecule has 0 saturated heterocycles. The van der Waals surface area contributed by atoms with E-state index in [0.717, 1.165) is 0 Å². The summed E-state index contributed by atoms with van der Waals surface area (Å²) < 4.78 is 5.38. The van der Waals surface area contributed by atoms with Gasteiger partial charge in [0.1, 0.15) is 5.75 Å². The van der Waals surface area contributed by atoms with Crippen molar-refractivity contribution in [3.63, 3.8) is 0 Å². The number of carbonyl (C=O) groups is 1. The Hall–Kier alpha value is -2.67. The molecule has 0 aliphatic heterocycles. The van der Waals surface area contributed by atoms with Crippen molar-refractivity contribution in [3.8, 4) is 11.6 Å². The topological polar surface area (TPSA) is 103 Å². The van der Waals surface area contributed by atoms with Crippen LogP contribution in [0.1, 0.15) is 15.9 Å². The molecule has 7 nitrogen and oxygen atoms in total. The summed E-state index contributed by atoms with van der Waals surface area (Å²) in [6, 6.07) is 5.36. The number of aryl methyl sites for hydroxylation is 1. The molecule has 1 heterocycles. The summed E-state index contributed by atoms with van der Waals surface area (Å²) in [6.07, 6.45) is 1.17. The van der Waals surface area contributed by atoms with Crippen molar-refractivity contribution in [3.05, 3.63) is 56.7 Å². The monoisotopic (exact) mass is 308 g/mol. The lowest BCUT2D eigenvalue weighted by Gasteiger charge is -2.07. The van der Waals surface area contributed by atoms with Gasteiger partial charge in [0, 0.05) is 17.7 Å². The van der Waals surface area contributed by atoms with Crippen LogP contribution in [0.5, 0.6) is 11.6 Å². The summed E-state index contributed by atoms with van der Waals surface area (Å²) in [5.74, 6) is -0.860. The molecule has 0 saturated carbocycles. The zero-order chi connectivity index (χ0) is 15.6. The molecule has 0 unspecified atom stereocenters. The number of ether oxygens (including phenoxy) is 1. The van der Waals surface area contributed by atoms with Crippen molar-refractivity contribution < 1.29 is 19.6 Å². The molecule has 0 amide bonds. The van der Waals surface area contributed by atoms with E-state index in [2.05, 4.69) is 4.98 Å². The number of carboxylic acids is 1. The van der Waals surface area contributed by atoms with E-state index in [1.807, 2.05) is 0 Å². The number of rotatable bonds is 4. The van der Waals surface area contributed by atoms with Gasteiger partial charge in [-0.2, -0.15) is 0 Å². The summed E-state index contributed by atoms with van der Waals surface area (Å²) in [5, 5.41) is 19.7. The Morgan fingerprint density at radius 2 is 2.14 bits per heavy atom. The Morgan fingerprint density at radius 3 is 2.71 bits per heavy atom. The first-order chi connectivity index (χ1) is 9.88. The molecular formula is C13H9ClN2O5. The Bertz CT molecular complexity index is 732. The Kier molecular flexibility index (Phi) is 4.04. The summed E-state index contributed by atoms with van der Waals surface area (Å²) in [5.41, 5.74) is 0.253. The second-order valence-corrected chi connectivity index (χ2v) is 4.52. The first-order valence-corrected chi connectivity index (χ1v) is 6.08. The molecule has 21 heavy (non-hydrogen) atoms. The van der Waals surface area contributed by atoms with Crippen LogP contribution in [0.15, 0.2) is 30.5 Å². The molecule has 0 aliphatic carbocycles. The first-order valence-electron chi connectivity index (χ1n) is 5.70. The van der Waals surface area contributed by atoms with Crippen molar-refractivity contribution >= 4 is 23.3 Å². The van der Waals surface area contributed by atoms with Crippen molar-refractivity contribution in [1.29, 1.82) is 0 Å². The van der Waals surface area contributed by atoms with E-state index in [1.165, 1.54) is 30.5 Å². The van der Waals surface area contributed by atoms with E-state index in [0.29, 0.717) is 11.3 Å². The van der Waals surface area contributed by atoms with Crippen molar-refractivity contribution in [2.24, 2.45) is 0 Å². The lowest BCUT2D eigenvalue weighted by Crippen LogP contribution is -1.99. The van der Waals surface area contributed by atoms with Crippen LogP contribution in [0.2, 0.25) is 5.02 Å². The highest BCUT2D eigenvalue weighted by Crippen LogP contribution is 2.27. The lowest BCUT2D eigenvalue weighted by atomic mass is 10.2. The van der Waals surface area contributed by atoms with Gasteiger partial charge in [0.05, 0.1) is 21.7 Å². The third kappa shape index (κ3) is 3.26. The minimum absolute atomic E-state index is 0.00488. The van der Waals surface area contributed by atoms with Crippen molar-refractivity contribution in [2.75, 3.05) is 0 Å². The average molecular weight is 309 g/mol. The number of halogens is 1. The average Bonchev–Trinajstić information content (AvgIpc) is 2.40. The maximum absolute atomic E-state index is 11.0. The molecule has 0 radical (unpaired) electrons. The maximum Gasteiger partial charge on any atom is 0.337 e. The minimum atomic E-state index is -1.20. The van der Waals surface area contributed by atoms with Gasteiger partial charge in [0.15, 0.2) is 0 Å². The molecule has 0 spiro atoms.